The van der Waals surface area contributed by atoms with Crippen molar-refractivity contribution in [2.75, 3.05) is 18.9 Å². The number of nitrogens with one attached hydrogen (secondary N) is 1. The molecular weight excluding hydrogens is 252 g/mol. The molecule has 0 aliphatic carbocycles. The maximum absolute atomic E-state index is 12.0. The van der Waals surface area contributed by atoms with E-state index in [9.17, 15) is 9.59 Å². The van der Waals surface area contributed by atoms with Crippen molar-refractivity contribution < 1.29 is 9.59 Å². The fourth-order valence-electron chi connectivity index (χ4n) is 1.73. The Morgan fingerprint density at radius 3 is 2.50 bits per heavy atom. The van der Waals surface area contributed by atoms with Gasteiger partial charge in [0, 0.05) is 18.8 Å². The van der Waals surface area contributed by atoms with Gasteiger partial charge in [-0.2, -0.15) is 0 Å². The van der Waals surface area contributed by atoms with Crippen LogP contribution in [-0.2, 0) is 9.59 Å². The minimum Gasteiger partial charge on any atom is -0.333 e. The lowest BCUT2D eigenvalue weighted by molar-refractivity contribution is -0.129. The largest absolute Gasteiger partial charge is 0.333 e. The molecule has 4 nitrogen and oxygen atoms in total. The summed E-state index contributed by atoms with van der Waals surface area (Å²) >= 11 is 0. The first kappa shape index (κ1) is 16.0. The van der Waals surface area contributed by atoms with Gasteiger partial charge in [-0.1, -0.05) is 17.7 Å². The Morgan fingerprint density at radius 2 is 1.90 bits per heavy atom. The fraction of sp³-hybridized carbons (Fsp3) is 0.375. The topological polar surface area (TPSA) is 49.4 Å². The highest BCUT2D eigenvalue weighted by molar-refractivity contribution is 5.97. The molecule has 0 aliphatic rings. The molecule has 0 spiro atoms. The number of carbonyl (C=O) groups is 2. The zero-order valence-corrected chi connectivity index (χ0v) is 12.8. The maximum Gasteiger partial charge on any atom is 0.246 e. The third-order valence-corrected chi connectivity index (χ3v) is 3.05. The molecule has 0 bridgehead atoms. The Bertz CT molecular complexity index is 543. The number of likely N-dealkylation sites (N-methyl/N-ethyl adjacent to an activating group) is 1. The average molecular weight is 274 g/mol. The minimum atomic E-state index is -0.197. The van der Waals surface area contributed by atoms with Crippen LogP contribution in [0.5, 0.6) is 0 Å². The van der Waals surface area contributed by atoms with E-state index in [0.717, 1.165) is 22.4 Å². The zero-order valence-electron chi connectivity index (χ0n) is 12.8. The van der Waals surface area contributed by atoms with Crippen LogP contribution >= 0.6 is 0 Å². The van der Waals surface area contributed by atoms with E-state index in [1.807, 2.05) is 45.9 Å². The Balaban J connectivity index is 2.66. The van der Waals surface area contributed by atoms with Gasteiger partial charge in [0.1, 0.15) is 0 Å². The molecule has 1 N–H and O–H groups in total. The first-order valence-electron chi connectivity index (χ1n) is 6.57. The van der Waals surface area contributed by atoms with Crippen molar-refractivity contribution >= 4 is 17.5 Å². The molecule has 20 heavy (non-hydrogen) atoms. The fourth-order valence-corrected chi connectivity index (χ4v) is 1.73. The highest BCUT2D eigenvalue weighted by Gasteiger charge is 2.12. The monoisotopic (exact) mass is 274 g/mol. The zero-order chi connectivity index (χ0) is 15.3. The Kier molecular flexibility index (Phi) is 5.50. The summed E-state index contributed by atoms with van der Waals surface area (Å²) in [6, 6.07) is 5.75. The molecule has 0 radical (unpaired) electrons. The number of benzene rings is 1. The van der Waals surface area contributed by atoms with Crippen molar-refractivity contribution in [1.82, 2.24) is 4.90 Å². The summed E-state index contributed by atoms with van der Waals surface area (Å²) in [5.41, 5.74) is 3.87. The Hall–Kier alpha value is -2.10. The molecule has 2 amide bonds. The standard InChI is InChI=1S/C16H22N2O2/c1-11(2)9-16(20)18(5)10-15(19)17-14-8-6-7-12(3)13(14)4/h6-9H,10H2,1-5H3,(H,17,19). The number of aryl methyl sites for hydroxylation is 1. The van der Waals surface area contributed by atoms with Crippen molar-refractivity contribution in [3.8, 4) is 0 Å². The molecule has 108 valence electrons. The van der Waals surface area contributed by atoms with Crippen molar-refractivity contribution in [2.24, 2.45) is 0 Å². The molecule has 1 rings (SSSR count). The highest BCUT2D eigenvalue weighted by atomic mass is 16.2. The summed E-state index contributed by atoms with van der Waals surface area (Å²) in [6.07, 6.45) is 1.52. The van der Waals surface area contributed by atoms with E-state index >= 15 is 0 Å². The molecule has 0 unspecified atom stereocenters. The van der Waals surface area contributed by atoms with Gasteiger partial charge in [0.15, 0.2) is 0 Å². The van der Waals surface area contributed by atoms with Crippen molar-refractivity contribution in [3.05, 3.63) is 41.0 Å². The van der Waals surface area contributed by atoms with Crippen LogP contribution in [0.1, 0.15) is 25.0 Å². The Morgan fingerprint density at radius 1 is 1.25 bits per heavy atom. The van der Waals surface area contributed by atoms with E-state index in [0.29, 0.717) is 0 Å². The molecule has 0 saturated heterocycles. The Labute approximate surface area is 120 Å². The van der Waals surface area contributed by atoms with Crippen LogP contribution in [0.2, 0.25) is 0 Å². The van der Waals surface area contributed by atoms with Crippen LogP contribution in [0.25, 0.3) is 0 Å². The number of nitrogens with zero attached hydrogens (tertiary/aromatic N) is 1. The summed E-state index contributed by atoms with van der Waals surface area (Å²) < 4.78 is 0. The lowest BCUT2D eigenvalue weighted by Gasteiger charge is -2.16. The van der Waals surface area contributed by atoms with E-state index in [2.05, 4.69) is 5.32 Å². The van der Waals surface area contributed by atoms with Gasteiger partial charge in [0.25, 0.3) is 0 Å². The van der Waals surface area contributed by atoms with Gasteiger partial charge in [-0.15, -0.1) is 0 Å². The molecule has 0 atom stereocenters. The quantitative estimate of drug-likeness (QED) is 0.858. The molecule has 0 heterocycles. The SMILES string of the molecule is CC(C)=CC(=O)N(C)CC(=O)Nc1cccc(C)c1C. The number of allylic oxidation sites excluding steroid dienone is 1. The van der Waals surface area contributed by atoms with E-state index in [1.165, 1.54) is 11.0 Å². The molecule has 0 fully saturated rings. The van der Waals surface area contributed by atoms with Crippen LogP contribution in [0, 0.1) is 13.8 Å². The summed E-state index contributed by atoms with van der Waals surface area (Å²) in [5, 5.41) is 2.84. The first-order valence-corrected chi connectivity index (χ1v) is 6.57. The third-order valence-electron chi connectivity index (χ3n) is 3.05. The predicted molar refractivity (Wildman–Crippen MR) is 81.6 cm³/mol. The van der Waals surface area contributed by atoms with Gasteiger partial charge in [-0.3, -0.25) is 9.59 Å². The summed E-state index contributed by atoms with van der Waals surface area (Å²) in [5.74, 6) is -0.363. The van der Waals surface area contributed by atoms with Gasteiger partial charge in [-0.25, -0.2) is 0 Å². The average Bonchev–Trinajstić information content (AvgIpc) is 2.34. The van der Waals surface area contributed by atoms with Gasteiger partial charge in [-0.05, 0) is 44.9 Å². The molecule has 1 aromatic carbocycles. The van der Waals surface area contributed by atoms with Gasteiger partial charge in [0.2, 0.25) is 11.8 Å². The normalized spacial score (nSPS) is 9.85. The van der Waals surface area contributed by atoms with Crippen LogP contribution in [-0.4, -0.2) is 30.3 Å². The predicted octanol–water partition coefficient (Wildman–Crippen LogP) is 2.67. The van der Waals surface area contributed by atoms with E-state index < -0.39 is 0 Å². The number of rotatable bonds is 4. The molecule has 0 saturated carbocycles. The van der Waals surface area contributed by atoms with Crippen LogP contribution in [0.3, 0.4) is 0 Å². The van der Waals surface area contributed by atoms with Crippen LogP contribution < -0.4 is 5.32 Å². The van der Waals surface area contributed by atoms with Crippen LogP contribution in [0.4, 0.5) is 5.69 Å². The molecular formula is C16H22N2O2. The summed E-state index contributed by atoms with van der Waals surface area (Å²) in [6.45, 7) is 7.69. The lowest BCUT2D eigenvalue weighted by atomic mass is 10.1. The minimum absolute atomic E-state index is 0.0377. The van der Waals surface area contributed by atoms with Crippen molar-refractivity contribution in [1.29, 1.82) is 0 Å². The summed E-state index contributed by atoms with van der Waals surface area (Å²) in [4.78, 5) is 25.1. The molecule has 4 heteroatoms. The molecule has 1 aromatic rings. The summed E-state index contributed by atoms with van der Waals surface area (Å²) in [7, 11) is 1.62. The number of hydrogen-bond donors (Lipinski definition) is 1. The number of amides is 2. The van der Waals surface area contributed by atoms with Crippen LogP contribution in [0.15, 0.2) is 29.8 Å². The van der Waals surface area contributed by atoms with E-state index in [-0.39, 0.29) is 18.4 Å². The second-order valence-electron chi connectivity index (χ2n) is 5.21. The first-order chi connectivity index (χ1) is 9.31. The van der Waals surface area contributed by atoms with Crippen molar-refractivity contribution in [3.63, 3.8) is 0 Å². The second-order valence-corrected chi connectivity index (χ2v) is 5.21. The highest BCUT2D eigenvalue weighted by Crippen LogP contribution is 2.17. The smallest absolute Gasteiger partial charge is 0.246 e. The number of anilines is 1. The van der Waals surface area contributed by atoms with Crippen molar-refractivity contribution in [2.45, 2.75) is 27.7 Å². The maximum atomic E-state index is 12.0. The number of carbonyl (C=O) groups excluding carboxylic acids is 2. The molecule has 0 aromatic heterocycles. The van der Waals surface area contributed by atoms with Gasteiger partial charge < -0.3 is 10.2 Å². The second kappa shape index (κ2) is 6.89. The number of hydrogen-bond acceptors (Lipinski definition) is 2. The lowest BCUT2D eigenvalue weighted by Crippen LogP contribution is -2.34. The molecule has 0 aliphatic heterocycles. The van der Waals surface area contributed by atoms with Gasteiger partial charge in [0.05, 0.1) is 6.54 Å². The third kappa shape index (κ3) is 4.53. The van der Waals surface area contributed by atoms with Gasteiger partial charge >= 0.3 is 0 Å². The van der Waals surface area contributed by atoms with E-state index in [1.54, 1.807) is 7.05 Å². The van der Waals surface area contributed by atoms with E-state index in [4.69, 9.17) is 0 Å².